The van der Waals surface area contributed by atoms with Crippen molar-refractivity contribution in [2.24, 2.45) is 7.05 Å². The van der Waals surface area contributed by atoms with Gasteiger partial charge in [0.2, 0.25) is 0 Å². The highest BCUT2D eigenvalue weighted by Crippen LogP contribution is 2.34. The van der Waals surface area contributed by atoms with Crippen LogP contribution in [0.25, 0.3) is 55.6 Å². The number of rotatable bonds is 3. The Kier molecular flexibility index (Phi) is 3.55. The molecular weight excluding hydrogens is 374 g/mol. The summed E-state index contributed by atoms with van der Waals surface area (Å²) in [4.78, 5) is 12.3. The van der Waals surface area contributed by atoms with Gasteiger partial charge in [-0.1, -0.05) is 18.2 Å². The summed E-state index contributed by atoms with van der Waals surface area (Å²) < 4.78 is 1.77. The highest BCUT2D eigenvalue weighted by molar-refractivity contribution is 6.01. The van der Waals surface area contributed by atoms with Gasteiger partial charge < -0.3 is 4.98 Å². The Balaban J connectivity index is 1.52. The molecule has 6 rings (SSSR count). The van der Waals surface area contributed by atoms with Crippen molar-refractivity contribution in [1.29, 1.82) is 0 Å². The van der Waals surface area contributed by atoms with E-state index >= 15 is 0 Å². The predicted molar refractivity (Wildman–Crippen MR) is 117 cm³/mol. The molecule has 0 fully saturated rings. The standard InChI is InChI=1S/C23H17N7/c1-30-13-15(11-26-30)20-9-18-22(12-25-20)28-29-23(18)21-8-17-16(5-2-6-19(17)27-21)14-4-3-7-24-10-14/h2-13,27H,1H3,(H,28,29). The monoisotopic (exact) mass is 391 g/mol. The zero-order chi connectivity index (χ0) is 20.1. The van der Waals surface area contributed by atoms with Crippen molar-refractivity contribution in [3.8, 4) is 33.8 Å². The smallest absolute Gasteiger partial charge is 0.116 e. The summed E-state index contributed by atoms with van der Waals surface area (Å²) in [5.41, 5.74) is 7.84. The number of pyridine rings is 2. The average Bonchev–Trinajstić information content (AvgIpc) is 3.50. The molecule has 0 atom stereocenters. The summed E-state index contributed by atoms with van der Waals surface area (Å²) in [6, 6.07) is 14.5. The molecule has 6 aromatic rings. The number of hydrogen-bond acceptors (Lipinski definition) is 4. The molecular formula is C23H17N7. The summed E-state index contributed by atoms with van der Waals surface area (Å²) in [6.07, 6.45) is 9.26. The average molecular weight is 391 g/mol. The first kappa shape index (κ1) is 16.7. The van der Waals surface area contributed by atoms with Crippen LogP contribution in [-0.4, -0.2) is 34.9 Å². The zero-order valence-corrected chi connectivity index (χ0v) is 16.2. The van der Waals surface area contributed by atoms with Gasteiger partial charge in [-0.15, -0.1) is 0 Å². The van der Waals surface area contributed by atoms with E-state index in [1.807, 2.05) is 37.9 Å². The quantitative estimate of drug-likeness (QED) is 0.463. The summed E-state index contributed by atoms with van der Waals surface area (Å²) in [5.74, 6) is 0. The number of benzene rings is 1. The lowest BCUT2D eigenvalue weighted by Gasteiger charge is -2.02. The molecule has 30 heavy (non-hydrogen) atoms. The van der Waals surface area contributed by atoms with Crippen molar-refractivity contribution in [3.05, 3.63) is 73.4 Å². The predicted octanol–water partition coefficient (Wildman–Crippen LogP) is 4.57. The Hall–Kier alpha value is -4.26. The molecule has 0 saturated carbocycles. The van der Waals surface area contributed by atoms with Crippen molar-refractivity contribution in [2.75, 3.05) is 0 Å². The maximum atomic E-state index is 4.57. The number of aromatic nitrogens is 7. The fourth-order valence-corrected chi connectivity index (χ4v) is 3.89. The van der Waals surface area contributed by atoms with Crippen LogP contribution in [0.5, 0.6) is 0 Å². The van der Waals surface area contributed by atoms with Crippen LogP contribution in [0.4, 0.5) is 0 Å². The van der Waals surface area contributed by atoms with E-state index in [0.717, 1.165) is 55.6 Å². The number of aryl methyl sites for hydroxylation is 1. The van der Waals surface area contributed by atoms with Crippen LogP contribution in [0, 0.1) is 0 Å². The number of nitrogens with one attached hydrogen (secondary N) is 2. The van der Waals surface area contributed by atoms with Crippen LogP contribution >= 0.6 is 0 Å². The zero-order valence-electron chi connectivity index (χ0n) is 16.2. The minimum Gasteiger partial charge on any atom is -0.353 e. The van der Waals surface area contributed by atoms with Gasteiger partial charge in [-0.3, -0.25) is 19.7 Å². The fourth-order valence-electron chi connectivity index (χ4n) is 3.89. The van der Waals surface area contributed by atoms with E-state index in [1.54, 1.807) is 10.9 Å². The summed E-state index contributed by atoms with van der Waals surface area (Å²) in [5, 5.41) is 14.1. The number of H-pyrrole nitrogens is 2. The minimum absolute atomic E-state index is 0.866. The molecule has 0 bridgehead atoms. The van der Waals surface area contributed by atoms with Gasteiger partial charge in [0, 0.05) is 53.1 Å². The molecule has 0 radical (unpaired) electrons. The van der Waals surface area contributed by atoms with E-state index in [4.69, 9.17) is 0 Å². The SMILES string of the molecule is Cn1cc(-c2cc3c(-c4cc5c(-c6cccnc6)cccc5[nH]4)n[nH]c3cn2)cn1. The third-order valence-corrected chi connectivity index (χ3v) is 5.34. The first-order valence-corrected chi connectivity index (χ1v) is 9.62. The van der Waals surface area contributed by atoms with Gasteiger partial charge in [-0.25, -0.2) is 0 Å². The summed E-state index contributed by atoms with van der Waals surface area (Å²) in [7, 11) is 1.90. The fraction of sp³-hybridized carbons (Fsp3) is 0.0435. The maximum Gasteiger partial charge on any atom is 0.116 e. The Bertz CT molecular complexity index is 1510. The van der Waals surface area contributed by atoms with E-state index in [0.29, 0.717) is 0 Å². The van der Waals surface area contributed by atoms with E-state index < -0.39 is 0 Å². The van der Waals surface area contributed by atoms with Gasteiger partial charge in [0.15, 0.2) is 0 Å². The van der Waals surface area contributed by atoms with Crippen LogP contribution in [0.3, 0.4) is 0 Å². The molecule has 0 amide bonds. The molecule has 144 valence electrons. The Morgan fingerprint density at radius 2 is 1.87 bits per heavy atom. The Morgan fingerprint density at radius 1 is 0.900 bits per heavy atom. The lowest BCUT2D eigenvalue weighted by Crippen LogP contribution is -1.85. The third kappa shape index (κ3) is 2.60. The van der Waals surface area contributed by atoms with Gasteiger partial charge >= 0.3 is 0 Å². The van der Waals surface area contributed by atoms with Gasteiger partial charge in [-0.05, 0) is 29.8 Å². The number of nitrogens with zero attached hydrogens (tertiary/aromatic N) is 5. The van der Waals surface area contributed by atoms with Crippen molar-refractivity contribution in [1.82, 2.24) is 34.9 Å². The minimum atomic E-state index is 0.866. The highest BCUT2D eigenvalue weighted by atomic mass is 15.2. The molecule has 0 aliphatic rings. The lowest BCUT2D eigenvalue weighted by atomic mass is 10.0. The molecule has 0 saturated heterocycles. The van der Waals surface area contributed by atoms with Crippen LogP contribution in [0.1, 0.15) is 0 Å². The van der Waals surface area contributed by atoms with E-state index in [-0.39, 0.29) is 0 Å². The van der Waals surface area contributed by atoms with Crippen LogP contribution in [0.15, 0.2) is 73.4 Å². The molecule has 0 aliphatic heterocycles. The molecule has 7 nitrogen and oxygen atoms in total. The lowest BCUT2D eigenvalue weighted by molar-refractivity contribution is 0.768. The van der Waals surface area contributed by atoms with Crippen LogP contribution < -0.4 is 0 Å². The number of aromatic amines is 2. The second kappa shape index (κ2) is 6.38. The second-order valence-corrected chi connectivity index (χ2v) is 7.28. The molecule has 5 aromatic heterocycles. The Morgan fingerprint density at radius 3 is 2.70 bits per heavy atom. The normalized spacial score (nSPS) is 11.5. The third-order valence-electron chi connectivity index (χ3n) is 5.34. The van der Waals surface area contributed by atoms with Crippen molar-refractivity contribution in [2.45, 2.75) is 0 Å². The molecule has 0 aliphatic carbocycles. The van der Waals surface area contributed by atoms with Crippen LogP contribution in [0.2, 0.25) is 0 Å². The Labute approximate surface area is 171 Å². The first-order valence-electron chi connectivity index (χ1n) is 9.62. The largest absolute Gasteiger partial charge is 0.353 e. The van der Waals surface area contributed by atoms with Gasteiger partial charge in [0.1, 0.15) is 5.69 Å². The molecule has 1 aromatic carbocycles. The van der Waals surface area contributed by atoms with E-state index in [9.17, 15) is 0 Å². The van der Waals surface area contributed by atoms with Gasteiger partial charge in [0.25, 0.3) is 0 Å². The highest BCUT2D eigenvalue weighted by Gasteiger charge is 2.15. The first-order chi connectivity index (χ1) is 14.8. The number of fused-ring (bicyclic) bond motifs is 2. The molecule has 0 spiro atoms. The summed E-state index contributed by atoms with van der Waals surface area (Å²) >= 11 is 0. The van der Waals surface area contributed by atoms with Crippen molar-refractivity contribution >= 4 is 21.8 Å². The molecule has 0 unspecified atom stereocenters. The molecule has 7 heteroatoms. The number of hydrogen-bond donors (Lipinski definition) is 2. The van der Waals surface area contributed by atoms with Crippen molar-refractivity contribution in [3.63, 3.8) is 0 Å². The second-order valence-electron chi connectivity index (χ2n) is 7.28. The topological polar surface area (TPSA) is 88.1 Å². The van der Waals surface area contributed by atoms with E-state index in [2.05, 4.69) is 66.6 Å². The van der Waals surface area contributed by atoms with Crippen LogP contribution in [-0.2, 0) is 7.05 Å². The van der Waals surface area contributed by atoms with Gasteiger partial charge in [-0.2, -0.15) is 10.2 Å². The molecule has 2 N–H and O–H groups in total. The summed E-state index contributed by atoms with van der Waals surface area (Å²) in [6.45, 7) is 0. The maximum absolute atomic E-state index is 4.57. The van der Waals surface area contributed by atoms with Crippen molar-refractivity contribution < 1.29 is 0 Å². The molecule has 5 heterocycles. The van der Waals surface area contributed by atoms with E-state index in [1.165, 1.54) is 0 Å². The van der Waals surface area contributed by atoms with Gasteiger partial charge in [0.05, 0.1) is 29.3 Å².